The highest BCUT2D eigenvalue weighted by Crippen LogP contribution is 2.38. The molecule has 8 nitrogen and oxygen atoms in total. The number of carboxylic acid groups (broad SMARTS) is 1. The van der Waals surface area contributed by atoms with Crippen molar-refractivity contribution >= 4 is 5.97 Å². The number of phenols is 1. The first kappa shape index (κ1) is 19.5. The van der Waals surface area contributed by atoms with Gasteiger partial charge in [-0.1, -0.05) is 0 Å². The Morgan fingerprint density at radius 3 is 2.56 bits per heavy atom. The minimum absolute atomic E-state index is 0.0387. The van der Waals surface area contributed by atoms with Crippen LogP contribution in [0.15, 0.2) is 18.2 Å². The molecule has 0 saturated carbocycles. The van der Waals surface area contributed by atoms with Gasteiger partial charge in [-0.3, -0.25) is 4.79 Å². The summed E-state index contributed by atoms with van der Waals surface area (Å²) in [7, 11) is 0. The molecule has 5 atom stereocenters. The summed E-state index contributed by atoms with van der Waals surface area (Å²) >= 11 is 0. The number of aromatic hydroxyl groups is 1. The molecule has 0 aromatic heterocycles. The molecule has 1 heterocycles. The third kappa shape index (κ3) is 4.82. The molecule has 0 radical (unpaired) electrons. The van der Waals surface area contributed by atoms with Crippen molar-refractivity contribution in [2.24, 2.45) is 0 Å². The zero-order valence-corrected chi connectivity index (χ0v) is 13.9. The van der Waals surface area contributed by atoms with Crippen LogP contribution in [-0.2, 0) is 9.53 Å². The molecule has 1 aromatic rings. The standard InChI is InChI=1S/C17H24O8/c1-9-14(21)15(22)16(23)17(25-9)11-6-5-10(18)8-12(11)24-7-3-2-4-13(19)20/h5-6,8-9,14-18,21-23H,2-4,7H2,1H3,(H,19,20)/t9-,14+,15+,16-,17+/m0/s1. The number of aliphatic hydroxyl groups is 3. The van der Waals surface area contributed by atoms with Crippen LogP contribution in [0, 0.1) is 0 Å². The normalized spacial score (nSPS) is 29.4. The Kier molecular flexibility index (Phi) is 6.60. The number of rotatable bonds is 7. The lowest BCUT2D eigenvalue weighted by Gasteiger charge is -2.40. The number of benzene rings is 1. The van der Waals surface area contributed by atoms with Crippen molar-refractivity contribution in [1.82, 2.24) is 0 Å². The third-order valence-corrected chi connectivity index (χ3v) is 4.20. The number of carboxylic acids is 1. The summed E-state index contributed by atoms with van der Waals surface area (Å²) in [4.78, 5) is 10.5. The van der Waals surface area contributed by atoms with E-state index in [2.05, 4.69) is 0 Å². The molecule has 1 saturated heterocycles. The monoisotopic (exact) mass is 356 g/mol. The molecular formula is C17H24O8. The lowest BCUT2D eigenvalue weighted by atomic mass is 9.91. The number of unbranched alkanes of at least 4 members (excludes halogenated alkanes) is 1. The topological polar surface area (TPSA) is 137 Å². The molecule has 1 aliphatic heterocycles. The van der Waals surface area contributed by atoms with Gasteiger partial charge in [0, 0.05) is 18.1 Å². The number of aliphatic carboxylic acids is 1. The second-order valence-electron chi connectivity index (χ2n) is 6.16. The fourth-order valence-electron chi connectivity index (χ4n) is 2.75. The predicted molar refractivity (Wildman–Crippen MR) is 86.4 cm³/mol. The maximum absolute atomic E-state index is 10.5. The maximum Gasteiger partial charge on any atom is 0.303 e. The van der Waals surface area contributed by atoms with Crippen LogP contribution in [0.3, 0.4) is 0 Å². The number of carbonyl (C=O) groups is 1. The van der Waals surface area contributed by atoms with Crippen molar-refractivity contribution in [1.29, 1.82) is 0 Å². The first-order valence-corrected chi connectivity index (χ1v) is 8.18. The molecule has 0 amide bonds. The van der Waals surface area contributed by atoms with E-state index in [9.17, 15) is 25.2 Å². The van der Waals surface area contributed by atoms with Gasteiger partial charge in [0.15, 0.2) is 0 Å². The molecule has 2 rings (SSSR count). The zero-order chi connectivity index (χ0) is 18.6. The van der Waals surface area contributed by atoms with Crippen LogP contribution in [0.1, 0.15) is 37.9 Å². The lowest BCUT2D eigenvalue weighted by Crippen LogP contribution is -2.53. The van der Waals surface area contributed by atoms with Crippen molar-refractivity contribution in [3.8, 4) is 11.5 Å². The molecule has 140 valence electrons. The molecule has 1 aliphatic rings. The molecule has 5 N–H and O–H groups in total. The highest BCUT2D eigenvalue weighted by atomic mass is 16.5. The number of aliphatic hydroxyl groups excluding tert-OH is 3. The molecule has 8 heteroatoms. The van der Waals surface area contributed by atoms with E-state index in [0.29, 0.717) is 18.4 Å². The van der Waals surface area contributed by atoms with Crippen molar-refractivity contribution in [3.05, 3.63) is 23.8 Å². The molecular weight excluding hydrogens is 332 g/mol. The summed E-state index contributed by atoms with van der Waals surface area (Å²) in [5, 5.41) is 48.3. The van der Waals surface area contributed by atoms with E-state index in [1.807, 2.05) is 0 Å². The van der Waals surface area contributed by atoms with Gasteiger partial charge in [-0.15, -0.1) is 0 Å². The van der Waals surface area contributed by atoms with Gasteiger partial charge in [0.2, 0.25) is 0 Å². The first-order valence-electron chi connectivity index (χ1n) is 8.18. The summed E-state index contributed by atoms with van der Waals surface area (Å²) in [5.41, 5.74) is 0.432. The highest BCUT2D eigenvalue weighted by molar-refractivity contribution is 5.66. The predicted octanol–water partition coefficient (Wildman–Crippen LogP) is 0.568. The number of phenolic OH excluding ortho intramolecular Hbond substituents is 1. The van der Waals surface area contributed by atoms with E-state index in [1.165, 1.54) is 18.2 Å². The van der Waals surface area contributed by atoms with Crippen molar-refractivity contribution < 1.29 is 39.8 Å². The van der Waals surface area contributed by atoms with Gasteiger partial charge in [-0.2, -0.15) is 0 Å². The average Bonchev–Trinajstić information content (AvgIpc) is 2.56. The Bertz CT molecular complexity index is 590. The molecule has 0 unspecified atom stereocenters. The molecule has 0 spiro atoms. The second kappa shape index (κ2) is 8.48. The first-order chi connectivity index (χ1) is 11.8. The summed E-state index contributed by atoms with van der Waals surface area (Å²) in [6, 6.07) is 4.29. The van der Waals surface area contributed by atoms with Gasteiger partial charge in [-0.05, 0) is 31.9 Å². The smallest absolute Gasteiger partial charge is 0.303 e. The van der Waals surface area contributed by atoms with Crippen LogP contribution < -0.4 is 4.74 Å². The number of hydrogen-bond acceptors (Lipinski definition) is 7. The molecule has 0 bridgehead atoms. The van der Waals surface area contributed by atoms with E-state index in [0.717, 1.165) is 0 Å². The SMILES string of the molecule is C[C@@H]1O[C@H](c2ccc(O)cc2OCCCCC(=O)O)[C@@H](O)[C@H](O)[C@@H]1O. The van der Waals surface area contributed by atoms with Gasteiger partial charge >= 0.3 is 5.97 Å². The Morgan fingerprint density at radius 1 is 1.16 bits per heavy atom. The van der Waals surface area contributed by atoms with Crippen molar-refractivity contribution in [3.63, 3.8) is 0 Å². The van der Waals surface area contributed by atoms with E-state index >= 15 is 0 Å². The van der Waals surface area contributed by atoms with E-state index < -0.39 is 36.5 Å². The molecule has 25 heavy (non-hydrogen) atoms. The molecule has 1 aromatic carbocycles. The van der Waals surface area contributed by atoms with Crippen LogP contribution in [0.4, 0.5) is 0 Å². The Hall–Kier alpha value is -1.87. The van der Waals surface area contributed by atoms with Gasteiger partial charge in [0.25, 0.3) is 0 Å². The van der Waals surface area contributed by atoms with Gasteiger partial charge < -0.3 is 35.0 Å². The molecule has 0 aliphatic carbocycles. The van der Waals surface area contributed by atoms with E-state index in [1.54, 1.807) is 6.92 Å². The zero-order valence-electron chi connectivity index (χ0n) is 13.9. The van der Waals surface area contributed by atoms with Gasteiger partial charge in [-0.25, -0.2) is 0 Å². The second-order valence-corrected chi connectivity index (χ2v) is 6.16. The van der Waals surface area contributed by atoms with Crippen LogP contribution in [0.2, 0.25) is 0 Å². The minimum Gasteiger partial charge on any atom is -0.508 e. The largest absolute Gasteiger partial charge is 0.508 e. The van der Waals surface area contributed by atoms with Crippen LogP contribution in [0.5, 0.6) is 11.5 Å². The van der Waals surface area contributed by atoms with Crippen LogP contribution >= 0.6 is 0 Å². The Morgan fingerprint density at radius 2 is 1.88 bits per heavy atom. The summed E-state index contributed by atoms with van der Waals surface area (Å²) in [6.45, 7) is 1.81. The summed E-state index contributed by atoms with van der Waals surface area (Å²) in [6.07, 6.45) is -4.55. The van der Waals surface area contributed by atoms with E-state index in [-0.39, 0.29) is 24.5 Å². The Labute approximate surface area is 145 Å². The lowest BCUT2D eigenvalue weighted by molar-refractivity contribution is -0.219. The Balaban J connectivity index is 2.11. The third-order valence-electron chi connectivity index (χ3n) is 4.20. The van der Waals surface area contributed by atoms with E-state index in [4.69, 9.17) is 14.6 Å². The van der Waals surface area contributed by atoms with Gasteiger partial charge in [0.1, 0.15) is 35.9 Å². The van der Waals surface area contributed by atoms with Crippen molar-refractivity contribution in [2.45, 2.75) is 56.7 Å². The minimum atomic E-state index is -1.37. The average molecular weight is 356 g/mol. The fourth-order valence-corrected chi connectivity index (χ4v) is 2.75. The quantitative estimate of drug-likeness (QED) is 0.447. The summed E-state index contributed by atoms with van der Waals surface area (Å²) in [5.74, 6) is -0.642. The number of ether oxygens (including phenoxy) is 2. The van der Waals surface area contributed by atoms with Crippen LogP contribution in [-0.4, -0.2) is 62.5 Å². The highest BCUT2D eigenvalue weighted by Gasteiger charge is 2.43. The number of hydrogen-bond donors (Lipinski definition) is 5. The molecule has 1 fully saturated rings. The van der Waals surface area contributed by atoms with Gasteiger partial charge in [0.05, 0.1) is 12.7 Å². The summed E-state index contributed by atoms with van der Waals surface area (Å²) < 4.78 is 11.2. The fraction of sp³-hybridized carbons (Fsp3) is 0.588. The van der Waals surface area contributed by atoms with Crippen molar-refractivity contribution in [2.75, 3.05) is 6.61 Å². The maximum atomic E-state index is 10.5. The van der Waals surface area contributed by atoms with Crippen LogP contribution in [0.25, 0.3) is 0 Å².